The molecule has 0 aromatic heterocycles. The van der Waals surface area contributed by atoms with Gasteiger partial charge in [-0.25, -0.2) is 0 Å². The molecule has 1 N–H and O–H groups in total. The molecular formula is C16H17F3N2O5. The Labute approximate surface area is 146 Å². The van der Waals surface area contributed by atoms with Crippen LogP contribution < -0.4 is 0 Å². The predicted molar refractivity (Wildman–Crippen MR) is 83.9 cm³/mol. The third-order valence-electron chi connectivity index (χ3n) is 4.67. The van der Waals surface area contributed by atoms with Crippen molar-refractivity contribution in [1.29, 1.82) is 0 Å². The molecule has 0 saturated carbocycles. The minimum Gasteiger partial charge on any atom is -0.481 e. The van der Waals surface area contributed by atoms with E-state index in [1.807, 2.05) is 0 Å². The highest BCUT2D eigenvalue weighted by Gasteiger charge is 2.53. The second-order valence-electron chi connectivity index (χ2n) is 6.42. The summed E-state index contributed by atoms with van der Waals surface area (Å²) >= 11 is 0. The monoisotopic (exact) mass is 374 g/mol. The number of nitrogens with zero attached hydrogens (tertiary/aromatic N) is 2. The fourth-order valence-corrected chi connectivity index (χ4v) is 3.49. The normalized spacial score (nSPS) is 20.3. The minimum atomic E-state index is -4.76. The number of carboxylic acids is 1. The van der Waals surface area contributed by atoms with Gasteiger partial charge in [-0.3, -0.25) is 19.7 Å². The van der Waals surface area contributed by atoms with E-state index in [-0.39, 0.29) is 16.8 Å². The highest BCUT2D eigenvalue weighted by Crippen LogP contribution is 2.39. The van der Waals surface area contributed by atoms with Crippen molar-refractivity contribution in [2.75, 3.05) is 13.1 Å². The first kappa shape index (κ1) is 19.7. The number of hydrogen-bond acceptors (Lipinski definition) is 4. The van der Waals surface area contributed by atoms with Gasteiger partial charge in [-0.15, -0.1) is 0 Å². The molecule has 1 saturated heterocycles. The standard InChI is InChI=1S/C16H17F3N2O5/c1-7-4-8(2)13(21(25)26)9(3)12(7)14(22)20-5-10(15(23)24)11(6-20)16(17,18)19/h4,10-11H,5-6H2,1-3H3,(H,23,24)/t10-,11-/m1/s1. The highest BCUT2D eigenvalue weighted by molar-refractivity contribution is 5.99. The number of alkyl halides is 3. The van der Waals surface area contributed by atoms with Gasteiger partial charge in [0.2, 0.25) is 0 Å². The van der Waals surface area contributed by atoms with E-state index >= 15 is 0 Å². The summed E-state index contributed by atoms with van der Waals surface area (Å²) < 4.78 is 39.3. The molecule has 1 heterocycles. The average Bonchev–Trinajstić information content (AvgIpc) is 2.91. The number of nitro benzene ring substituents is 1. The fraction of sp³-hybridized carbons (Fsp3) is 0.500. The van der Waals surface area contributed by atoms with Crippen molar-refractivity contribution >= 4 is 17.6 Å². The van der Waals surface area contributed by atoms with Crippen LogP contribution in [0.2, 0.25) is 0 Å². The number of carboxylic acid groups (broad SMARTS) is 1. The Bertz CT molecular complexity index is 791. The van der Waals surface area contributed by atoms with Crippen molar-refractivity contribution in [2.24, 2.45) is 11.8 Å². The van der Waals surface area contributed by atoms with Gasteiger partial charge in [-0.1, -0.05) is 0 Å². The maximum atomic E-state index is 13.1. The molecule has 0 aliphatic carbocycles. The molecule has 1 aliphatic heterocycles. The molecule has 1 amide bonds. The van der Waals surface area contributed by atoms with Crippen LogP contribution >= 0.6 is 0 Å². The molecule has 0 bridgehead atoms. The Morgan fingerprint density at radius 1 is 1.23 bits per heavy atom. The van der Waals surface area contributed by atoms with Crippen molar-refractivity contribution in [1.82, 2.24) is 4.90 Å². The van der Waals surface area contributed by atoms with E-state index in [1.54, 1.807) is 0 Å². The van der Waals surface area contributed by atoms with Gasteiger partial charge in [0.05, 0.1) is 22.3 Å². The van der Waals surface area contributed by atoms with Crippen molar-refractivity contribution in [3.05, 3.63) is 38.4 Å². The fourth-order valence-electron chi connectivity index (χ4n) is 3.49. The zero-order chi connectivity index (χ0) is 20.0. The molecule has 1 aliphatic rings. The zero-order valence-corrected chi connectivity index (χ0v) is 14.3. The van der Waals surface area contributed by atoms with Gasteiger partial charge in [0.25, 0.3) is 11.6 Å². The minimum absolute atomic E-state index is 0.0554. The predicted octanol–water partition coefficient (Wildman–Crippen LogP) is 2.86. The second-order valence-corrected chi connectivity index (χ2v) is 6.42. The largest absolute Gasteiger partial charge is 0.481 e. The first-order valence-electron chi connectivity index (χ1n) is 7.70. The summed E-state index contributed by atoms with van der Waals surface area (Å²) in [4.78, 5) is 35.3. The molecule has 7 nitrogen and oxygen atoms in total. The number of amides is 1. The number of halogens is 3. The van der Waals surface area contributed by atoms with E-state index in [2.05, 4.69) is 0 Å². The molecule has 0 spiro atoms. The number of aryl methyl sites for hydroxylation is 2. The summed E-state index contributed by atoms with van der Waals surface area (Å²) in [6, 6.07) is 1.42. The number of aliphatic carboxylic acids is 1. The third-order valence-corrected chi connectivity index (χ3v) is 4.67. The number of hydrogen-bond donors (Lipinski definition) is 1. The number of rotatable bonds is 3. The molecule has 1 aromatic carbocycles. The van der Waals surface area contributed by atoms with E-state index in [9.17, 15) is 32.9 Å². The lowest BCUT2D eigenvalue weighted by atomic mass is 9.96. The zero-order valence-electron chi connectivity index (χ0n) is 14.3. The number of benzene rings is 1. The van der Waals surface area contributed by atoms with E-state index < -0.39 is 47.9 Å². The highest BCUT2D eigenvalue weighted by atomic mass is 19.4. The smallest absolute Gasteiger partial charge is 0.394 e. The van der Waals surface area contributed by atoms with Crippen molar-refractivity contribution in [3.8, 4) is 0 Å². The van der Waals surface area contributed by atoms with Crippen molar-refractivity contribution in [3.63, 3.8) is 0 Å². The summed E-state index contributed by atoms with van der Waals surface area (Å²) in [6.07, 6.45) is -4.76. The first-order valence-corrected chi connectivity index (χ1v) is 7.70. The second kappa shape index (κ2) is 6.58. The van der Waals surface area contributed by atoms with Crippen molar-refractivity contribution < 1.29 is 32.8 Å². The molecule has 142 valence electrons. The van der Waals surface area contributed by atoms with Crippen molar-refractivity contribution in [2.45, 2.75) is 26.9 Å². The van der Waals surface area contributed by atoms with Gasteiger partial charge in [0, 0.05) is 24.2 Å². The lowest BCUT2D eigenvalue weighted by Crippen LogP contribution is -2.34. The maximum absolute atomic E-state index is 13.1. The summed E-state index contributed by atoms with van der Waals surface area (Å²) in [6.45, 7) is 3.00. The quantitative estimate of drug-likeness (QED) is 0.648. The topological polar surface area (TPSA) is 101 Å². The molecule has 1 fully saturated rings. The number of carbonyl (C=O) groups excluding carboxylic acids is 1. The average molecular weight is 374 g/mol. The summed E-state index contributed by atoms with van der Waals surface area (Å²) in [5.74, 6) is -6.41. The van der Waals surface area contributed by atoms with Crippen LogP contribution in [0.3, 0.4) is 0 Å². The van der Waals surface area contributed by atoms with E-state index in [0.717, 1.165) is 4.90 Å². The van der Waals surface area contributed by atoms with Crippen LogP contribution in [-0.4, -0.2) is 46.1 Å². The molecule has 2 rings (SSSR count). The van der Waals surface area contributed by atoms with Gasteiger partial charge in [-0.2, -0.15) is 13.2 Å². The Morgan fingerprint density at radius 3 is 2.23 bits per heavy atom. The summed E-state index contributed by atoms with van der Waals surface area (Å²) in [5.41, 5.74) is 0.437. The van der Waals surface area contributed by atoms with Crippen LogP contribution in [-0.2, 0) is 4.79 Å². The number of likely N-dealkylation sites (tertiary alicyclic amines) is 1. The SMILES string of the molecule is Cc1cc(C)c([N+](=O)[O-])c(C)c1C(=O)N1C[C@@H](C(F)(F)F)[C@H](C(=O)O)C1. The van der Waals surface area contributed by atoms with Crippen LogP contribution in [0.4, 0.5) is 18.9 Å². The Hall–Kier alpha value is -2.65. The van der Waals surface area contributed by atoms with Crippen LogP contribution in [0, 0.1) is 42.7 Å². The molecule has 0 unspecified atom stereocenters. The third kappa shape index (κ3) is 3.35. The summed E-state index contributed by atoms with van der Waals surface area (Å²) in [5, 5.41) is 20.3. The Kier molecular flexibility index (Phi) is 4.98. The van der Waals surface area contributed by atoms with E-state index in [1.165, 1.54) is 26.8 Å². The van der Waals surface area contributed by atoms with E-state index in [4.69, 9.17) is 5.11 Å². The van der Waals surface area contributed by atoms with Crippen LogP contribution in [0.1, 0.15) is 27.0 Å². The summed E-state index contributed by atoms with van der Waals surface area (Å²) in [7, 11) is 0. The lowest BCUT2D eigenvalue weighted by Gasteiger charge is -2.20. The van der Waals surface area contributed by atoms with Gasteiger partial charge in [-0.05, 0) is 32.4 Å². The van der Waals surface area contributed by atoms with Gasteiger partial charge < -0.3 is 10.0 Å². The lowest BCUT2D eigenvalue weighted by molar-refractivity contribution is -0.386. The Balaban J connectivity index is 2.46. The van der Waals surface area contributed by atoms with E-state index in [0.29, 0.717) is 11.1 Å². The Morgan fingerprint density at radius 2 is 1.81 bits per heavy atom. The molecular weight excluding hydrogens is 357 g/mol. The van der Waals surface area contributed by atoms with Crippen LogP contribution in [0.25, 0.3) is 0 Å². The maximum Gasteiger partial charge on any atom is 0.394 e. The molecule has 26 heavy (non-hydrogen) atoms. The molecule has 0 radical (unpaired) electrons. The van der Waals surface area contributed by atoms with Gasteiger partial charge >= 0.3 is 12.1 Å². The molecule has 1 aromatic rings. The van der Waals surface area contributed by atoms with Gasteiger partial charge in [0.1, 0.15) is 0 Å². The van der Waals surface area contributed by atoms with Crippen LogP contribution in [0.5, 0.6) is 0 Å². The number of carbonyl (C=O) groups is 2. The van der Waals surface area contributed by atoms with Crippen LogP contribution in [0.15, 0.2) is 6.07 Å². The molecule has 2 atom stereocenters. The molecule has 10 heteroatoms. The number of nitro groups is 1. The first-order chi connectivity index (χ1) is 11.9. The van der Waals surface area contributed by atoms with Gasteiger partial charge in [0.15, 0.2) is 0 Å².